The van der Waals surface area contributed by atoms with Crippen LogP contribution in [0.4, 0.5) is 0 Å². The van der Waals surface area contributed by atoms with Gasteiger partial charge < -0.3 is 14.5 Å². The first-order chi connectivity index (χ1) is 12.7. The number of hydrogen-bond acceptors (Lipinski definition) is 3. The Kier molecular flexibility index (Phi) is 6.31. The van der Waals surface area contributed by atoms with Gasteiger partial charge in [0.05, 0.1) is 7.11 Å². The molecule has 5 heteroatoms. The molecule has 2 aliphatic rings. The molecule has 0 bridgehead atoms. The average Bonchev–Trinajstić information content (AvgIpc) is 2.85. The summed E-state index contributed by atoms with van der Waals surface area (Å²) < 4.78 is 5.17. The van der Waals surface area contributed by atoms with Gasteiger partial charge in [-0.25, -0.2) is 0 Å². The number of hydrogen-bond donors (Lipinski definition) is 0. The van der Waals surface area contributed by atoms with Crippen molar-refractivity contribution >= 4 is 11.8 Å². The van der Waals surface area contributed by atoms with Crippen LogP contribution >= 0.6 is 0 Å². The molecule has 0 radical (unpaired) electrons. The Morgan fingerprint density at radius 2 is 1.88 bits per heavy atom. The highest BCUT2D eigenvalue weighted by molar-refractivity contribution is 5.81. The standard InChI is InChI=1S/C21H28N2O3/c1-26-19-9-7-18(8-10-19)16-23-14-13-22(12-11-20(23)24)21(25)15-17-5-3-2-4-6-17/h5,7-10H,2-4,6,11-16H2,1H3. The summed E-state index contributed by atoms with van der Waals surface area (Å²) in [6.07, 6.45) is 7.70. The van der Waals surface area contributed by atoms with Gasteiger partial charge >= 0.3 is 0 Å². The summed E-state index contributed by atoms with van der Waals surface area (Å²) in [5.41, 5.74) is 2.35. The predicted molar refractivity (Wildman–Crippen MR) is 101 cm³/mol. The Morgan fingerprint density at radius 3 is 2.58 bits per heavy atom. The van der Waals surface area contributed by atoms with E-state index in [-0.39, 0.29) is 11.8 Å². The zero-order chi connectivity index (χ0) is 18.4. The quantitative estimate of drug-likeness (QED) is 0.762. The first kappa shape index (κ1) is 18.5. The van der Waals surface area contributed by atoms with Crippen LogP contribution in [0.2, 0.25) is 0 Å². The van der Waals surface area contributed by atoms with Crippen LogP contribution < -0.4 is 4.74 Å². The molecule has 0 saturated carbocycles. The Hall–Kier alpha value is -2.30. The summed E-state index contributed by atoms with van der Waals surface area (Å²) in [4.78, 5) is 28.8. The average molecular weight is 356 g/mol. The van der Waals surface area contributed by atoms with E-state index in [1.165, 1.54) is 18.4 Å². The van der Waals surface area contributed by atoms with Gasteiger partial charge in [0.15, 0.2) is 0 Å². The summed E-state index contributed by atoms with van der Waals surface area (Å²) in [6, 6.07) is 7.78. The van der Waals surface area contributed by atoms with Gasteiger partial charge in [-0.05, 0) is 43.4 Å². The molecule has 1 aromatic carbocycles. The van der Waals surface area contributed by atoms with E-state index in [1.54, 1.807) is 7.11 Å². The third-order valence-electron chi connectivity index (χ3n) is 5.24. The van der Waals surface area contributed by atoms with Crippen LogP contribution in [0, 0.1) is 0 Å². The molecule has 3 rings (SSSR count). The van der Waals surface area contributed by atoms with Crippen molar-refractivity contribution in [3.8, 4) is 5.75 Å². The number of ether oxygens (including phenoxy) is 1. The van der Waals surface area contributed by atoms with E-state index < -0.39 is 0 Å². The highest BCUT2D eigenvalue weighted by Gasteiger charge is 2.24. The van der Waals surface area contributed by atoms with Crippen molar-refractivity contribution in [3.63, 3.8) is 0 Å². The number of nitrogens with zero attached hydrogens (tertiary/aromatic N) is 2. The van der Waals surface area contributed by atoms with Crippen molar-refractivity contribution in [1.82, 2.24) is 9.80 Å². The van der Waals surface area contributed by atoms with Crippen molar-refractivity contribution < 1.29 is 14.3 Å². The monoisotopic (exact) mass is 356 g/mol. The van der Waals surface area contributed by atoms with Crippen molar-refractivity contribution in [2.24, 2.45) is 0 Å². The van der Waals surface area contributed by atoms with E-state index in [0.717, 1.165) is 24.2 Å². The van der Waals surface area contributed by atoms with Gasteiger partial charge in [0, 0.05) is 39.0 Å². The van der Waals surface area contributed by atoms with Gasteiger partial charge in [-0.1, -0.05) is 23.8 Å². The van der Waals surface area contributed by atoms with Crippen LogP contribution in [0.5, 0.6) is 5.75 Å². The highest BCUT2D eigenvalue weighted by Crippen LogP contribution is 2.21. The van der Waals surface area contributed by atoms with E-state index in [9.17, 15) is 9.59 Å². The molecule has 1 aliphatic heterocycles. The number of carbonyl (C=O) groups excluding carboxylic acids is 2. The number of benzene rings is 1. The number of amides is 2. The molecule has 140 valence electrons. The Morgan fingerprint density at radius 1 is 1.08 bits per heavy atom. The number of methoxy groups -OCH3 is 1. The molecule has 0 unspecified atom stereocenters. The van der Waals surface area contributed by atoms with Gasteiger partial charge in [-0.3, -0.25) is 9.59 Å². The van der Waals surface area contributed by atoms with Gasteiger partial charge in [0.25, 0.3) is 0 Å². The van der Waals surface area contributed by atoms with Crippen LogP contribution in [0.3, 0.4) is 0 Å². The van der Waals surface area contributed by atoms with E-state index in [1.807, 2.05) is 34.1 Å². The first-order valence-electron chi connectivity index (χ1n) is 9.52. The molecular weight excluding hydrogens is 328 g/mol. The third-order valence-corrected chi connectivity index (χ3v) is 5.24. The fourth-order valence-corrected chi connectivity index (χ4v) is 3.61. The molecule has 1 saturated heterocycles. The van der Waals surface area contributed by atoms with E-state index >= 15 is 0 Å². The van der Waals surface area contributed by atoms with Gasteiger partial charge in [0.1, 0.15) is 5.75 Å². The van der Waals surface area contributed by atoms with Crippen LogP contribution in [0.1, 0.15) is 44.1 Å². The SMILES string of the molecule is COc1ccc(CN2CCN(C(=O)CC3=CCCCC3)CCC2=O)cc1. The van der Waals surface area contributed by atoms with Crippen LogP contribution in [0.15, 0.2) is 35.9 Å². The minimum atomic E-state index is 0.119. The number of carbonyl (C=O) groups is 2. The second-order valence-corrected chi connectivity index (χ2v) is 7.08. The Balaban J connectivity index is 1.55. The topological polar surface area (TPSA) is 49.9 Å². The normalized spacial score (nSPS) is 18.3. The lowest BCUT2D eigenvalue weighted by Gasteiger charge is -2.23. The number of allylic oxidation sites excluding steroid dienone is 1. The molecule has 0 aromatic heterocycles. The van der Waals surface area contributed by atoms with Gasteiger partial charge in [-0.15, -0.1) is 0 Å². The summed E-state index contributed by atoms with van der Waals surface area (Å²) in [5, 5.41) is 0. The maximum Gasteiger partial charge on any atom is 0.226 e. The van der Waals surface area contributed by atoms with E-state index in [2.05, 4.69) is 6.08 Å². The smallest absolute Gasteiger partial charge is 0.226 e. The maximum atomic E-state index is 12.6. The zero-order valence-corrected chi connectivity index (χ0v) is 15.6. The molecule has 1 aliphatic carbocycles. The van der Waals surface area contributed by atoms with Gasteiger partial charge in [0.2, 0.25) is 11.8 Å². The predicted octanol–water partition coefficient (Wildman–Crippen LogP) is 3.15. The fraction of sp³-hybridized carbons (Fsp3) is 0.524. The first-order valence-corrected chi connectivity index (χ1v) is 9.52. The second-order valence-electron chi connectivity index (χ2n) is 7.08. The van der Waals surface area contributed by atoms with E-state index in [0.29, 0.717) is 39.0 Å². The third kappa shape index (κ3) is 4.87. The molecule has 1 aromatic rings. The fourth-order valence-electron chi connectivity index (χ4n) is 3.61. The van der Waals surface area contributed by atoms with Crippen LogP contribution in [-0.4, -0.2) is 48.4 Å². The lowest BCUT2D eigenvalue weighted by Crippen LogP contribution is -2.35. The molecular formula is C21H28N2O3. The van der Waals surface area contributed by atoms with Crippen molar-refractivity contribution in [2.75, 3.05) is 26.7 Å². The van der Waals surface area contributed by atoms with Crippen LogP contribution in [0.25, 0.3) is 0 Å². The largest absolute Gasteiger partial charge is 0.497 e. The molecule has 1 fully saturated rings. The zero-order valence-electron chi connectivity index (χ0n) is 15.6. The summed E-state index contributed by atoms with van der Waals surface area (Å²) in [5.74, 6) is 1.09. The molecule has 1 heterocycles. The number of rotatable bonds is 5. The highest BCUT2D eigenvalue weighted by atomic mass is 16.5. The van der Waals surface area contributed by atoms with Crippen molar-refractivity contribution in [3.05, 3.63) is 41.5 Å². The van der Waals surface area contributed by atoms with Gasteiger partial charge in [-0.2, -0.15) is 0 Å². The minimum Gasteiger partial charge on any atom is -0.497 e. The summed E-state index contributed by atoms with van der Waals surface area (Å²) in [6.45, 7) is 2.32. The lowest BCUT2D eigenvalue weighted by molar-refractivity contribution is -0.130. The summed E-state index contributed by atoms with van der Waals surface area (Å²) in [7, 11) is 1.64. The molecule has 5 nitrogen and oxygen atoms in total. The minimum absolute atomic E-state index is 0.119. The second kappa shape index (κ2) is 8.88. The lowest BCUT2D eigenvalue weighted by atomic mass is 9.97. The van der Waals surface area contributed by atoms with Crippen LogP contribution in [-0.2, 0) is 16.1 Å². The molecule has 0 atom stereocenters. The molecule has 26 heavy (non-hydrogen) atoms. The summed E-state index contributed by atoms with van der Waals surface area (Å²) >= 11 is 0. The molecule has 2 amide bonds. The Labute approximate surface area is 155 Å². The van der Waals surface area contributed by atoms with Crippen molar-refractivity contribution in [2.45, 2.75) is 45.1 Å². The Bertz CT molecular complexity index is 666. The molecule has 0 N–H and O–H groups in total. The van der Waals surface area contributed by atoms with Crippen molar-refractivity contribution in [1.29, 1.82) is 0 Å². The maximum absolute atomic E-state index is 12.6. The molecule has 0 spiro atoms. The van der Waals surface area contributed by atoms with E-state index in [4.69, 9.17) is 4.74 Å².